The van der Waals surface area contributed by atoms with Gasteiger partial charge in [0.15, 0.2) is 0 Å². The number of furan rings is 1. The van der Waals surface area contributed by atoms with Crippen molar-refractivity contribution in [3.05, 3.63) is 94.0 Å². The number of nitrogens with zero attached hydrogens (tertiary/aromatic N) is 2. The van der Waals surface area contributed by atoms with E-state index in [1.165, 1.54) is 0 Å². The zero-order chi connectivity index (χ0) is 20.0. The number of nitrogens with one attached hydrogen (secondary N) is 1. The largest absolute Gasteiger partial charge is 0.507 e. The molecule has 0 radical (unpaired) electrons. The summed E-state index contributed by atoms with van der Waals surface area (Å²) in [5.74, 6) is 0.655. The maximum atomic E-state index is 13.3. The standard InChI is InChI=1S/C22H16BrN3O3/c23-14-6-3-5-13(11-14)21-18-19(16-8-1-2-9-17(16)27)24-25-20(18)22(28)26(21)12-15-7-4-10-29-15/h1-11,21,27H,12H2,(H,24,25)/t21-/m0/s1. The first-order chi connectivity index (χ1) is 14.1. The molecule has 0 aliphatic carbocycles. The van der Waals surface area contributed by atoms with Gasteiger partial charge in [-0.25, -0.2) is 0 Å². The van der Waals surface area contributed by atoms with Crippen LogP contribution in [-0.4, -0.2) is 26.1 Å². The first-order valence-electron chi connectivity index (χ1n) is 9.09. The van der Waals surface area contributed by atoms with E-state index in [1.54, 1.807) is 35.4 Å². The van der Waals surface area contributed by atoms with E-state index in [0.717, 1.165) is 15.6 Å². The van der Waals surface area contributed by atoms with E-state index in [1.807, 2.05) is 36.4 Å². The number of halogens is 1. The summed E-state index contributed by atoms with van der Waals surface area (Å²) < 4.78 is 6.41. The molecule has 0 saturated carbocycles. The van der Waals surface area contributed by atoms with Crippen molar-refractivity contribution in [2.24, 2.45) is 0 Å². The molecule has 0 bridgehead atoms. The number of carbonyl (C=O) groups excluding carboxylic acids is 1. The van der Waals surface area contributed by atoms with Crippen LogP contribution in [0.1, 0.15) is 33.4 Å². The molecule has 1 amide bonds. The van der Waals surface area contributed by atoms with Gasteiger partial charge in [-0.1, -0.05) is 40.2 Å². The third kappa shape index (κ3) is 2.94. The summed E-state index contributed by atoms with van der Waals surface area (Å²) in [5, 5.41) is 17.7. The number of amides is 1. The summed E-state index contributed by atoms with van der Waals surface area (Å²) in [6.45, 7) is 0.325. The SMILES string of the molecule is O=C1c2[nH]nc(-c3ccccc3O)c2[C@H](c2cccc(Br)c2)N1Cc1ccco1. The smallest absolute Gasteiger partial charge is 0.273 e. The van der Waals surface area contributed by atoms with Crippen molar-refractivity contribution in [1.82, 2.24) is 15.1 Å². The Kier molecular flexibility index (Phi) is 4.24. The highest BCUT2D eigenvalue weighted by atomic mass is 79.9. The molecule has 0 fully saturated rings. The molecule has 7 heteroatoms. The molecule has 29 heavy (non-hydrogen) atoms. The number of fused-ring (bicyclic) bond motifs is 1. The van der Waals surface area contributed by atoms with E-state index in [2.05, 4.69) is 26.1 Å². The number of aromatic hydroxyl groups is 1. The third-order valence-corrected chi connectivity index (χ3v) is 5.59. The molecule has 3 heterocycles. The second-order valence-electron chi connectivity index (χ2n) is 6.85. The molecule has 1 aliphatic heterocycles. The lowest BCUT2D eigenvalue weighted by molar-refractivity contribution is 0.0717. The van der Waals surface area contributed by atoms with Crippen molar-refractivity contribution in [3.8, 4) is 17.0 Å². The second-order valence-corrected chi connectivity index (χ2v) is 7.76. The number of aromatic nitrogens is 2. The Morgan fingerprint density at radius 3 is 2.76 bits per heavy atom. The number of para-hydroxylation sites is 1. The number of benzene rings is 2. The molecule has 2 aromatic heterocycles. The van der Waals surface area contributed by atoms with Crippen LogP contribution in [0.25, 0.3) is 11.3 Å². The van der Waals surface area contributed by atoms with Gasteiger partial charge < -0.3 is 14.4 Å². The maximum Gasteiger partial charge on any atom is 0.273 e. The predicted octanol–water partition coefficient (Wildman–Crippen LogP) is 4.88. The fraction of sp³-hybridized carbons (Fsp3) is 0.0909. The lowest BCUT2D eigenvalue weighted by Crippen LogP contribution is -2.29. The van der Waals surface area contributed by atoms with Gasteiger partial charge in [-0.2, -0.15) is 5.10 Å². The van der Waals surface area contributed by atoms with Gasteiger partial charge >= 0.3 is 0 Å². The van der Waals surface area contributed by atoms with Gasteiger partial charge in [0.25, 0.3) is 5.91 Å². The molecule has 2 aromatic carbocycles. The van der Waals surface area contributed by atoms with Crippen molar-refractivity contribution in [1.29, 1.82) is 0 Å². The lowest BCUT2D eigenvalue weighted by atomic mass is 9.96. The summed E-state index contributed by atoms with van der Waals surface area (Å²) in [6.07, 6.45) is 1.60. The van der Waals surface area contributed by atoms with Gasteiger partial charge in [-0.15, -0.1) is 0 Å². The number of carbonyl (C=O) groups is 1. The van der Waals surface area contributed by atoms with Gasteiger partial charge in [0, 0.05) is 15.6 Å². The van der Waals surface area contributed by atoms with Crippen LogP contribution in [0.3, 0.4) is 0 Å². The Bertz CT molecular complexity index is 1200. The molecule has 6 nitrogen and oxygen atoms in total. The number of hydrogen-bond acceptors (Lipinski definition) is 4. The highest BCUT2D eigenvalue weighted by molar-refractivity contribution is 9.10. The van der Waals surface area contributed by atoms with Gasteiger partial charge in [0.2, 0.25) is 0 Å². The fourth-order valence-corrected chi connectivity index (χ4v) is 4.25. The Hall–Kier alpha value is -3.32. The molecule has 144 valence electrons. The van der Waals surface area contributed by atoms with Crippen molar-refractivity contribution in [2.45, 2.75) is 12.6 Å². The normalized spacial score (nSPS) is 15.7. The summed E-state index contributed by atoms with van der Waals surface area (Å²) in [4.78, 5) is 15.0. The topological polar surface area (TPSA) is 82.4 Å². The summed E-state index contributed by atoms with van der Waals surface area (Å²) in [6, 6.07) is 18.1. The van der Waals surface area contributed by atoms with Crippen molar-refractivity contribution in [2.75, 3.05) is 0 Å². The molecule has 0 spiro atoms. The Balaban J connectivity index is 1.69. The van der Waals surface area contributed by atoms with Gasteiger partial charge in [0.05, 0.1) is 18.8 Å². The molecule has 0 unspecified atom stereocenters. The van der Waals surface area contributed by atoms with Crippen LogP contribution in [0.4, 0.5) is 0 Å². The number of phenols is 1. The van der Waals surface area contributed by atoms with Crippen molar-refractivity contribution < 1.29 is 14.3 Å². The molecular weight excluding hydrogens is 434 g/mol. The first kappa shape index (κ1) is 17.8. The Morgan fingerprint density at radius 2 is 2.00 bits per heavy atom. The quantitative estimate of drug-likeness (QED) is 0.464. The number of aromatic amines is 1. The monoisotopic (exact) mass is 449 g/mol. The third-order valence-electron chi connectivity index (χ3n) is 5.09. The van der Waals surface area contributed by atoms with Crippen LogP contribution in [0.15, 0.2) is 75.8 Å². The van der Waals surface area contributed by atoms with Gasteiger partial charge in [0.1, 0.15) is 22.9 Å². The number of phenolic OH excluding ortho intramolecular Hbond substituents is 1. The summed E-state index contributed by atoms with van der Waals surface area (Å²) >= 11 is 3.53. The Morgan fingerprint density at radius 1 is 1.14 bits per heavy atom. The Labute approximate surface area is 174 Å². The van der Waals surface area contributed by atoms with Crippen LogP contribution in [0, 0.1) is 0 Å². The average molecular weight is 450 g/mol. The predicted molar refractivity (Wildman–Crippen MR) is 110 cm³/mol. The molecule has 0 saturated heterocycles. The number of hydrogen-bond donors (Lipinski definition) is 2. The maximum absolute atomic E-state index is 13.3. The van der Waals surface area contributed by atoms with Crippen molar-refractivity contribution >= 4 is 21.8 Å². The van der Waals surface area contributed by atoms with Gasteiger partial charge in [-0.3, -0.25) is 9.89 Å². The minimum absolute atomic E-state index is 0.117. The molecule has 4 aromatic rings. The van der Waals surface area contributed by atoms with Crippen LogP contribution in [0.5, 0.6) is 5.75 Å². The number of rotatable bonds is 4. The minimum Gasteiger partial charge on any atom is -0.507 e. The van der Waals surface area contributed by atoms with Crippen molar-refractivity contribution in [3.63, 3.8) is 0 Å². The molecule has 2 N–H and O–H groups in total. The van der Waals surface area contributed by atoms with E-state index in [0.29, 0.717) is 29.3 Å². The first-order valence-corrected chi connectivity index (χ1v) is 9.88. The van der Waals surface area contributed by atoms with E-state index < -0.39 is 0 Å². The number of H-pyrrole nitrogens is 1. The molecule has 1 aliphatic rings. The van der Waals surface area contributed by atoms with Gasteiger partial charge in [-0.05, 0) is 42.0 Å². The summed E-state index contributed by atoms with van der Waals surface area (Å²) in [5.41, 5.74) is 3.27. The molecule has 1 atom stereocenters. The zero-order valence-electron chi connectivity index (χ0n) is 15.2. The van der Waals surface area contributed by atoms with Crippen LogP contribution in [0.2, 0.25) is 0 Å². The van der Waals surface area contributed by atoms with Crippen LogP contribution < -0.4 is 0 Å². The highest BCUT2D eigenvalue weighted by Crippen LogP contribution is 2.45. The summed E-state index contributed by atoms with van der Waals surface area (Å²) in [7, 11) is 0. The van der Waals surface area contributed by atoms with E-state index in [9.17, 15) is 9.90 Å². The van der Waals surface area contributed by atoms with Crippen LogP contribution >= 0.6 is 15.9 Å². The van der Waals surface area contributed by atoms with E-state index in [4.69, 9.17) is 4.42 Å². The fourth-order valence-electron chi connectivity index (χ4n) is 3.83. The van der Waals surface area contributed by atoms with E-state index >= 15 is 0 Å². The molecule has 5 rings (SSSR count). The van der Waals surface area contributed by atoms with E-state index in [-0.39, 0.29) is 17.7 Å². The highest BCUT2D eigenvalue weighted by Gasteiger charge is 2.42. The second kappa shape index (κ2) is 6.93. The zero-order valence-corrected chi connectivity index (χ0v) is 16.8. The lowest BCUT2D eigenvalue weighted by Gasteiger charge is -2.25. The minimum atomic E-state index is -0.367. The average Bonchev–Trinajstić information content (AvgIpc) is 3.42. The molecular formula is C22H16BrN3O3. The van der Waals surface area contributed by atoms with Crippen LogP contribution in [-0.2, 0) is 6.54 Å².